The van der Waals surface area contributed by atoms with Crippen molar-refractivity contribution in [3.8, 4) is 0 Å². The number of aromatic amines is 2. The third kappa shape index (κ3) is 4.08. The van der Waals surface area contributed by atoms with Crippen LogP contribution in [0.3, 0.4) is 0 Å². The van der Waals surface area contributed by atoms with Gasteiger partial charge >= 0.3 is 5.69 Å². The van der Waals surface area contributed by atoms with Gasteiger partial charge in [-0.3, -0.25) is 19.6 Å². The van der Waals surface area contributed by atoms with Crippen LogP contribution in [-0.4, -0.2) is 46.7 Å². The number of rotatable bonds is 4. The minimum absolute atomic E-state index is 0.0152. The summed E-state index contributed by atoms with van der Waals surface area (Å²) < 4.78 is 27.1. The molecule has 0 unspecified atom stereocenters. The SMILES string of the molecule is Cc1cc(NC(=O)C2CCN(S(=O)(=O)c3c(C)[nH]c(=O)[nH]c3=O)CC2)c2ccccc2n1. The largest absolute Gasteiger partial charge is 0.325 e. The Morgan fingerprint density at radius 2 is 1.81 bits per heavy atom. The zero-order valence-corrected chi connectivity index (χ0v) is 18.5. The number of H-pyrrole nitrogens is 2. The van der Waals surface area contributed by atoms with Gasteiger partial charge in [0.25, 0.3) is 5.56 Å². The molecule has 3 aromatic rings. The molecule has 3 N–H and O–H groups in total. The Bertz CT molecular complexity index is 1420. The molecule has 10 nitrogen and oxygen atoms in total. The van der Waals surface area contributed by atoms with Crippen molar-refractivity contribution in [1.82, 2.24) is 19.3 Å². The van der Waals surface area contributed by atoms with Gasteiger partial charge in [-0.1, -0.05) is 18.2 Å². The second-order valence-electron chi connectivity index (χ2n) is 7.86. The number of carbonyl (C=O) groups is 1. The van der Waals surface area contributed by atoms with Gasteiger partial charge in [-0.25, -0.2) is 13.2 Å². The molecule has 1 aliphatic heterocycles. The van der Waals surface area contributed by atoms with Crippen LogP contribution in [0.25, 0.3) is 10.9 Å². The summed E-state index contributed by atoms with van der Waals surface area (Å²) in [7, 11) is -4.10. The number of hydrogen-bond acceptors (Lipinski definition) is 6. The van der Waals surface area contributed by atoms with Gasteiger partial charge in [0.15, 0.2) is 4.90 Å². The number of aryl methyl sites for hydroxylation is 2. The van der Waals surface area contributed by atoms with Crippen molar-refractivity contribution in [2.45, 2.75) is 31.6 Å². The van der Waals surface area contributed by atoms with E-state index in [0.717, 1.165) is 16.6 Å². The van der Waals surface area contributed by atoms with Crippen LogP contribution in [0, 0.1) is 19.8 Å². The van der Waals surface area contributed by atoms with Crippen LogP contribution < -0.4 is 16.6 Å². The number of nitrogens with one attached hydrogen (secondary N) is 3. The standard InChI is InChI=1S/C21H23N5O5S/c1-12-11-17(15-5-3-4-6-16(15)22-12)24-19(27)14-7-9-26(10-8-14)32(30,31)18-13(2)23-21(29)25-20(18)28/h3-6,11,14H,7-10H2,1-2H3,(H,22,24,27)(H2,23,25,28,29). The minimum Gasteiger partial charge on any atom is -0.325 e. The molecular weight excluding hydrogens is 434 g/mol. The highest BCUT2D eigenvalue weighted by Crippen LogP contribution is 2.27. The van der Waals surface area contributed by atoms with E-state index in [0.29, 0.717) is 18.5 Å². The minimum atomic E-state index is -4.10. The van der Waals surface area contributed by atoms with Gasteiger partial charge in [-0.2, -0.15) is 4.31 Å². The molecule has 3 heterocycles. The number of nitrogens with zero attached hydrogens (tertiary/aromatic N) is 2. The molecule has 1 fully saturated rings. The van der Waals surface area contributed by atoms with Crippen molar-refractivity contribution in [2.24, 2.45) is 5.92 Å². The predicted molar refractivity (Wildman–Crippen MR) is 119 cm³/mol. The number of hydrogen-bond donors (Lipinski definition) is 3. The number of amides is 1. The quantitative estimate of drug-likeness (QED) is 0.538. The molecule has 1 aliphatic rings. The number of benzene rings is 1. The van der Waals surface area contributed by atoms with E-state index < -0.39 is 26.2 Å². The second kappa shape index (κ2) is 8.32. The van der Waals surface area contributed by atoms with Crippen LogP contribution in [-0.2, 0) is 14.8 Å². The van der Waals surface area contributed by atoms with E-state index in [1.54, 1.807) is 0 Å². The lowest BCUT2D eigenvalue weighted by atomic mass is 9.97. The highest BCUT2D eigenvalue weighted by atomic mass is 32.2. The third-order valence-corrected chi connectivity index (χ3v) is 7.65. The molecule has 2 aromatic heterocycles. The first kappa shape index (κ1) is 21.9. The topological polar surface area (TPSA) is 145 Å². The first-order chi connectivity index (χ1) is 15.2. The number of carbonyl (C=O) groups excluding carboxylic acids is 1. The summed E-state index contributed by atoms with van der Waals surface area (Å²) in [4.78, 5) is 44.6. The zero-order chi connectivity index (χ0) is 23.0. The molecular formula is C21H23N5O5S. The average molecular weight is 458 g/mol. The third-order valence-electron chi connectivity index (χ3n) is 5.60. The maximum atomic E-state index is 13.0. The average Bonchev–Trinajstić information content (AvgIpc) is 2.72. The molecule has 4 rings (SSSR count). The van der Waals surface area contributed by atoms with E-state index in [-0.39, 0.29) is 30.6 Å². The summed E-state index contributed by atoms with van der Waals surface area (Å²) in [5.41, 5.74) is 0.500. The number of pyridine rings is 1. The molecule has 0 spiro atoms. The fourth-order valence-corrected chi connectivity index (χ4v) is 5.71. The lowest BCUT2D eigenvalue weighted by molar-refractivity contribution is -0.120. The summed E-state index contributed by atoms with van der Waals surface area (Å²) in [5, 5.41) is 3.80. The molecule has 1 saturated heterocycles. The monoisotopic (exact) mass is 457 g/mol. The number of aromatic nitrogens is 3. The van der Waals surface area contributed by atoms with E-state index in [9.17, 15) is 22.8 Å². The Hall–Kier alpha value is -3.31. The van der Waals surface area contributed by atoms with Gasteiger partial charge in [0.05, 0.1) is 11.2 Å². The zero-order valence-electron chi connectivity index (χ0n) is 17.6. The Labute approximate surface area is 183 Å². The van der Waals surface area contributed by atoms with Gasteiger partial charge in [-0.05, 0) is 38.8 Å². The van der Waals surface area contributed by atoms with Crippen molar-refractivity contribution in [1.29, 1.82) is 0 Å². The van der Waals surface area contributed by atoms with Gasteiger partial charge in [0.1, 0.15) is 0 Å². The first-order valence-electron chi connectivity index (χ1n) is 10.2. The second-order valence-corrected chi connectivity index (χ2v) is 9.73. The van der Waals surface area contributed by atoms with Crippen LogP contribution in [0.5, 0.6) is 0 Å². The summed E-state index contributed by atoms with van der Waals surface area (Å²) in [6.45, 7) is 3.40. The lowest BCUT2D eigenvalue weighted by Crippen LogP contribution is -2.44. The van der Waals surface area contributed by atoms with Crippen LogP contribution >= 0.6 is 0 Å². The highest BCUT2D eigenvalue weighted by Gasteiger charge is 2.35. The Morgan fingerprint density at radius 3 is 2.50 bits per heavy atom. The van der Waals surface area contributed by atoms with E-state index in [1.165, 1.54) is 11.2 Å². The lowest BCUT2D eigenvalue weighted by Gasteiger charge is -2.30. The first-order valence-corrected chi connectivity index (χ1v) is 11.6. The van der Waals surface area contributed by atoms with Crippen molar-refractivity contribution < 1.29 is 13.2 Å². The van der Waals surface area contributed by atoms with Crippen molar-refractivity contribution in [3.05, 3.63) is 62.6 Å². The molecule has 0 saturated carbocycles. The van der Waals surface area contributed by atoms with Crippen molar-refractivity contribution >= 4 is 32.5 Å². The van der Waals surface area contributed by atoms with Crippen LogP contribution in [0.4, 0.5) is 5.69 Å². The maximum absolute atomic E-state index is 13.0. The van der Waals surface area contributed by atoms with Crippen LogP contribution in [0.15, 0.2) is 44.8 Å². The van der Waals surface area contributed by atoms with Gasteiger partial charge in [0, 0.05) is 35.8 Å². The molecule has 168 valence electrons. The Balaban J connectivity index is 1.49. The smallest absolute Gasteiger partial charge is 0.325 e. The number of fused-ring (bicyclic) bond motifs is 1. The normalized spacial score (nSPS) is 15.7. The maximum Gasteiger partial charge on any atom is 0.325 e. The Morgan fingerprint density at radius 1 is 1.12 bits per heavy atom. The fourth-order valence-electron chi connectivity index (χ4n) is 4.03. The van der Waals surface area contributed by atoms with Crippen LogP contribution in [0.2, 0.25) is 0 Å². The van der Waals surface area contributed by atoms with E-state index in [4.69, 9.17) is 0 Å². The summed E-state index contributed by atoms with van der Waals surface area (Å²) >= 11 is 0. The molecule has 1 aromatic carbocycles. The van der Waals surface area contributed by atoms with E-state index in [2.05, 4.69) is 15.3 Å². The van der Waals surface area contributed by atoms with Crippen LogP contribution in [0.1, 0.15) is 24.2 Å². The number of para-hydroxylation sites is 1. The molecule has 32 heavy (non-hydrogen) atoms. The molecule has 1 amide bonds. The summed E-state index contributed by atoms with van der Waals surface area (Å²) in [6.07, 6.45) is 0.626. The predicted octanol–water partition coefficient (Wildman–Crippen LogP) is 1.27. The number of sulfonamides is 1. The van der Waals surface area contributed by atoms with Gasteiger partial charge in [0.2, 0.25) is 15.9 Å². The highest BCUT2D eigenvalue weighted by molar-refractivity contribution is 7.89. The molecule has 0 radical (unpaired) electrons. The van der Waals surface area contributed by atoms with E-state index in [1.807, 2.05) is 42.2 Å². The molecule has 0 atom stereocenters. The summed E-state index contributed by atoms with van der Waals surface area (Å²) in [5.74, 6) is -0.556. The fraction of sp³-hybridized carbons (Fsp3) is 0.333. The molecule has 11 heteroatoms. The number of piperidine rings is 1. The van der Waals surface area contributed by atoms with Crippen molar-refractivity contribution in [2.75, 3.05) is 18.4 Å². The van der Waals surface area contributed by atoms with Gasteiger partial charge < -0.3 is 10.3 Å². The van der Waals surface area contributed by atoms with Gasteiger partial charge in [-0.15, -0.1) is 0 Å². The molecule has 0 aliphatic carbocycles. The summed E-state index contributed by atoms with van der Waals surface area (Å²) in [6, 6.07) is 9.33. The Kier molecular flexibility index (Phi) is 5.70. The number of anilines is 1. The van der Waals surface area contributed by atoms with Crippen molar-refractivity contribution in [3.63, 3.8) is 0 Å². The molecule has 0 bridgehead atoms. The van der Waals surface area contributed by atoms with E-state index >= 15 is 0 Å².